The molecule has 0 N–H and O–H groups in total. The summed E-state index contributed by atoms with van der Waals surface area (Å²) in [5.41, 5.74) is 0.850. The minimum atomic E-state index is 0.0114. The van der Waals surface area contributed by atoms with Gasteiger partial charge in [-0.15, -0.1) is 0 Å². The van der Waals surface area contributed by atoms with Crippen molar-refractivity contribution >= 4 is 16.8 Å². The van der Waals surface area contributed by atoms with Crippen molar-refractivity contribution in [1.29, 1.82) is 0 Å². The van der Waals surface area contributed by atoms with Crippen LogP contribution in [-0.2, 0) is 11.3 Å². The van der Waals surface area contributed by atoms with Crippen LogP contribution in [0.2, 0.25) is 0 Å². The van der Waals surface area contributed by atoms with E-state index in [4.69, 9.17) is 0 Å². The molecule has 2 aliphatic rings. The molecular weight excluding hydrogens is 300 g/mol. The zero-order valence-electron chi connectivity index (χ0n) is 14.0. The van der Waals surface area contributed by atoms with Gasteiger partial charge in [0, 0.05) is 30.7 Å². The molecule has 1 saturated heterocycles. The number of carbonyl (C=O) groups excluding carboxylic acids is 1. The normalized spacial score (nSPS) is 23.9. The Balaban J connectivity index is 1.52. The molecule has 0 radical (unpaired) electrons. The van der Waals surface area contributed by atoms with Gasteiger partial charge in [-0.25, -0.2) is 0 Å². The monoisotopic (exact) mass is 324 g/mol. The number of hydrogen-bond acceptors (Lipinski definition) is 2. The van der Waals surface area contributed by atoms with Gasteiger partial charge >= 0.3 is 0 Å². The van der Waals surface area contributed by atoms with E-state index in [0.29, 0.717) is 17.8 Å². The van der Waals surface area contributed by atoms with Crippen molar-refractivity contribution in [3.63, 3.8) is 0 Å². The second-order valence-corrected chi connectivity index (χ2v) is 7.26. The number of nitrogens with zero attached hydrogens (tertiary/aromatic N) is 2. The molecular formula is C20H24N2O2. The predicted octanol–water partition coefficient (Wildman–Crippen LogP) is 3.04. The summed E-state index contributed by atoms with van der Waals surface area (Å²) in [7, 11) is 0. The van der Waals surface area contributed by atoms with Gasteiger partial charge in [-0.3, -0.25) is 9.59 Å². The first-order valence-electron chi connectivity index (χ1n) is 9.08. The van der Waals surface area contributed by atoms with Gasteiger partial charge in [-0.05, 0) is 36.8 Å². The zero-order chi connectivity index (χ0) is 16.5. The summed E-state index contributed by atoms with van der Waals surface area (Å²) in [5.74, 6) is 1.70. The fourth-order valence-electron chi connectivity index (χ4n) is 4.47. The maximum atomic E-state index is 12.8. The highest BCUT2D eigenvalue weighted by Gasteiger charge is 2.32. The summed E-state index contributed by atoms with van der Waals surface area (Å²) in [5, 5.41) is 0.679. The molecule has 0 spiro atoms. The highest BCUT2D eigenvalue weighted by Crippen LogP contribution is 2.36. The third-order valence-corrected chi connectivity index (χ3v) is 5.83. The lowest BCUT2D eigenvalue weighted by Gasteiger charge is -2.41. The molecule has 24 heavy (non-hydrogen) atoms. The Morgan fingerprint density at radius 1 is 1.04 bits per heavy atom. The van der Waals surface area contributed by atoms with Gasteiger partial charge in [0.05, 0.1) is 5.52 Å². The Morgan fingerprint density at radius 2 is 1.83 bits per heavy atom. The topological polar surface area (TPSA) is 42.3 Å². The Bertz CT molecular complexity index is 811. The smallest absolute Gasteiger partial charge is 0.242 e. The van der Waals surface area contributed by atoms with E-state index < -0.39 is 0 Å². The highest BCUT2D eigenvalue weighted by molar-refractivity contribution is 5.82. The number of para-hydroxylation sites is 1. The van der Waals surface area contributed by atoms with E-state index in [0.717, 1.165) is 30.9 Å². The zero-order valence-corrected chi connectivity index (χ0v) is 14.0. The minimum absolute atomic E-state index is 0.0114. The van der Waals surface area contributed by atoms with Crippen LogP contribution in [0.25, 0.3) is 10.9 Å². The van der Waals surface area contributed by atoms with Crippen LogP contribution in [0.15, 0.2) is 41.3 Å². The van der Waals surface area contributed by atoms with Gasteiger partial charge in [0.1, 0.15) is 6.54 Å². The molecule has 4 nitrogen and oxygen atoms in total. The van der Waals surface area contributed by atoms with E-state index in [2.05, 4.69) is 0 Å². The average molecular weight is 324 g/mol. The molecule has 4 heteroatoms. The molecule has 0 bridgehead atoms. The van der Waals surface area contributed by atoms with E-state index in [1.54, 1.807) is 12.3 Å². The highest BCUT2D eigenvalue weighted by atomic mass is 16.2. The van der Waals surface area contributed by atoms with E-state index in [1.807, 2.05) is 33.7 Å². The summed E-state index contributed by atoms with van der Waals surface area (Å²) in [6.45, 7) is 2.12. The first kappa shape index (κ1) is 15.4. The lowest BCUT2D eigenvalue weighted by Crippen LogP contribution is -2.45. The standard InChI is InChI=1S/C20H24N2O2/c23-19-10-12-21(18-8-4-3-7-17(18)19)14-20(24)22-11-9-15-5-1-2-6-16(15)13-22/h3-4,7-8,10,12,15-16H,1-2,5-6,9,11,13-14H2/t15-,16+/m0/s1. The van der Waals surface area contributed by atoms with Crippen LogP contribution in [0.3, 0.4) is 0 Å². The van der Waals surface area contributed by atoms with E-state index in [9.17, 15) is 9.59 Å². The number of carbonyl (C=O) groups is 1. The third-order valence-electron chi connectivity index (χ3n) is 5.83. The van der Waals surface area contributed by atoms with Crippen LogP contribution in [0, 0.1) is 11.8 Å². The maximum Gasteiger partial charge on any atom is 0.242 e. The van der Waals surface area contributed by atoms with E-state index >= 15 is 0 Å². The fourth-order valence-corrected chi connectivity index (χ4v) is 4.47. The van der Waals surface area contributed by atoms with Crippen molar-refractivity contribution < 1.29 is 4.79 Å². The summed E-state index contributed by atoms with van der Waals surface area (Å²) in [4.78, 5) is 26.8. The second kappa shape index (κ2) is 6.42. The van der Waals surface area contributed by atoms with Gasteiger partial charge in [-0.1, -0.05) is 31.4 Å². The van der Waals surface area contributed by atoms with Crippen molar-refractivity contribution in [3.8, 4) is 0 Å². The molecule has 0 unspecified atom stereocenters. The van der Waals surface area contributed by atoms with Gasteiger partial charge in [0.15, 0.2) is 5.43 Å². The minimum Gasteiger partial charge on any atom is -0.341 e. The Labute approximate surface area is 142 Å². The number of benzene rings is 1. The molecule has 2 heterocycles. The Hall–Kier alpha value is -2.10. The van der Waals surface area contributed by atoms with Crippen molar-refractivity contribution in [2.75, 3.05) is 13.1 Å². The van der Waals surface area contributed by atoms with E-state index in [1.165, 1.54) is 25.7 Å². The molecule has 1 aromatic carbocycles. The number of pyridine rings is 1. The molecule has 2 fully saturated rings. The van der Waals surface area contributed by atoms with Crippen LogP contribution in [0.4, 0.5) is 0 Å². The van der Waals surface area contributed by atoms with Crippen LogP contribution < -0.4 is 5.43 Å². The van der Waals surface area contributed by atoms with Gasteiger partial charge in [-0.2, -0.15) is 0 Å². The van der Waals surface area contributed by atoms with Crippen molar-refractivity contribution in [1.82, 2.24) is 9.47 Å². The number of fused-ring (bicyclic) bond motifs is 2. The number of rotatable bonds is 2. The number of hydrogen-bond donors (Lipinski definition) is 0. The molecule has 1 saturated carbocycles. The summed E-state index contributed by atoms with van der Waals surface area (Å²) in [6, 6.07) is 9.08. The summed E-state index contributed by atoms with van der Waals surface area (Å²) < 4.78 is 1.91. The third kappa shape index (κ3) is 2.85. The number of likely N-dealkylation sites (tertiary alicyclic amines) is 1. The SMILES string of the molecule is O=C(Cn1ccc(=O)c2ccccc21)N1CC[C@@H]2CCCC[C@@H]2C1. The lowest BCUT2D eigenvalue weighted by atomic mass is 9.75. The molecule has 126 valence electrons. The van der Waals surface area contributed by atoms with Crippen molar-refractivity contribution in [2.45, 2.75) is 38.6 Å². The molecule has 1 aromatic heterocycles. The lowest BCUT2D eigenvalue weighted by molar-refractivity contribution is -0.134. The largest absolute Gasteiger partial charge is 0.341 e. The van der Waals surface area contributed by atoms with Crippen LogP contribution in [0.1, 0.15) is 32.1 Å². The molecule has 1 amide bonds. The second-order valence-electron chi connectivity index (χ2n) is 7.26. The van der Waals surface area contributed by atoms with Crippen molar-refractivity contribution in [3.05, 3.63) is 46.8 Å². The molecule has 1 aliphatic heterocycles. The number of piperidine rings is 1. The molecule has 2 atom stereocenters. The number of aromatic nitrogens is 1. The quantitative estimate of drug-likeness (QED) is 0.852. The average Bonchev–Trinajstić information content (AvgIpc) is 2.64. The van der Waals surface area contributed by atoms with Crippen LogP contribution >= 0.6 is 0 Å². The number of amides is 1. The van der Waals surface area contributed by atoms with E-state index in [-0.39, 0.29) is 11.3 Å². The summed E-state index contributed by atoms with van der Waals surface area (Å²) >= 11 is 0. The maximum absolute atomic E-state index is 12.8. The Kier molecular flexibility index (Phi) is 4.13. The first-order chi connectivity index (χ1) is 11.7. The van der Waals surface area contributed by atoms with Crippen molar-refractivity contribution in [2.24, 2.45) is 11.8 Å². The van der Waals surface area contributed by atoms with Gasteiger partial charge in [0.25, 0.3) is 0 Å². The Morgan fingerprint density at radius 3 is 2.71 bits per heavy atom. The predicted molar refractivity (Wildman–Crippen MR) is 94.9 cm³/mol. The van der Waals surface area contributed by atoms with Gasteiger partial charge < -0.3 is 9.47 Å². The van der Waals surface area contributed by atoms with Crippen LogP contribution in [0.5, 0.6) is 0 Å². The molecule has 2 aromatic rings. The molecule has 4 rings (SSSR count). The van der Waals surface area contributed by atoms with Gasteiger partial charge in [0.2, 0.25) is 5.91 Å². The molecule has 1 aliphatic carbocycles. The van der Waals surface area contributed by atoms with Crippen LogP contribution in [-0.4, -0.2) is 28.5 Å². The fraction of sp³-hybridized carbons (Fsp3) is 0.500. The first-order valence-corrected chi connectivity index (χ1v) is 9.08. The summed E-state index contributed by atoms with van der Waals surface area (Å²) in [6.07, 6.45) is 8.19.